The van der Waals surface area contributed by atoms with Gasteiger partial charge in [0.2, 0.25) is 0 Å². The predicted octanol–water partition coefficient (Wildman–Crippen LogP) is 3.47. The summed E-state index contributed by atoms with van der Waals surface area (Å²) in [7, 11) is 0. The van der Waals surface area contributed by atoms with Gasteiger partial charge in [0.15, 0.2) is 0 Å². The molecular formula is C16H20N2. The van der Waals surface area contributed by atoms with Crippen LogP contribution in [0.5, 0.6) is 0 Å². The normalized spacial score (nSPS) is 48.4. The van der Waals surface area contributed by atoms with Crippen LogP contribution in [-0.2, 0) is 0 Å². The van der Waals surface area contributed by atoms with Gasteiger partial charge in [0.25, 0.3) is 0 Å². The number of fused-ring (bicyclic) bond motifs is 4. The molecule has 2 nitrogen and oxygen atoms in total. The van der Waals surface area contributed by atoms with Crippen LogP contribution < -0.4 is 0 Å². The molecule has 0 unspecified atom stereocenters. The molecule has 0 radical (unpaired) electrons. The van der Waals surface area contributed by atoms with E-state index in [1.807, 2.05) is 0 Å². The molecule has 0 heterocycles. The molecule has 0 aromatic carbocycles. The van der Waals surface area contributed by atoms with Crippen molar-refractivity contribution >= 4 is 12.4 Å². The van der Waals surface area contributed by atoms with E-state index in [9.17, 15) is 0 Å². The molecule has 0 aliphatic heterocycles. The standard InChI is InChI=1S/C16H20N2/c1-3-13-5-11(1)7-15(13)9-17-18-10-16-8-12-2-4-14(16)6-12/h1-4,9-16H,5-8H2/b17-9-,18-10+/t11-,12+,13-,14+,15-,16+/m1/s1. The molecule has 0 amide bonds. The highest BCUT2D eigenvalue weighted by Gasteiger charge is 2.35. The number of hydrogen-bond donors (Lipinski definition) is 0. The molecule has 6 atom stereocenters. The van der Waals surface area contributed by atoms with E-state index in [4.69, 9.17) is 0 Å². The first kappa shape index (κ1) is 10.7. The van der Waals surface area contributed by atoms with Gasteiger partial charge < -0.3 is 0 Å². The van der Waals surface area contributed by atoms with Crippen LogP contribution in [0.4, 0.5) is 0 Å². The summed E-state index contributed by atoms with van der Waals surface area (Å²) in [6, 6.07) is 0. The summed E-state index contributed by atoms with van der Waals surface area (Å²) in [5.41, 5.74) is 0. The molecular weight excluding hydrogens is 220 g/mol. The average molecular weight is 240 g/mol. The Labute approximate surface area is 109 Å². The fourth-order valence-electron chi connectivity index (χ4n) is 4.24. The van der Waals surface area contributed by atoms with Crippen molar-refractivity contribution in [3.63, 3.8) is 0 Å². The second kappa shape index (κ2) is 4.18. The highest BCUT2D eigenvalue weighted by Crippen LogP contribution is 2.43. The maximum absolute atomic E-state index is 4.31. The van der Waals surface area contributed by atoms with Gasteiger partial charge in [0, 0.05) is 24.3 Å². The van der Waals surface area contributed by atoms with E-state index < -0.39 is 0 Å². The molecule has 0 aromatic heterocycles. The maximum atomic E-state index is 4.31. The Hall–Kier alpha value is -1.18. The van der Waals surface area contributed by atoms with Gasteiger partial charge in [-0.25, -0.2) is 0 Å². The molecule has 4 aliphatic rings. The Balaban J connectivity index is 1.33. The Morgan fingerprint density at radius 2 is 1.17 bits per heavy atom. The molecule has 2 heteroatoms. The Bertz CT molecular complexity index is 404. The summed E-state index contributed by atoms with van der Waals surface area (Å²) in [6.07, 6.45) is 18.9. The van der Waals surface area contributed by atoms with Crippen LogP contribution in [0.15, 0.2) is 34.5 Å². The van der Waals surface area contributed by atoms with Crippen molar-refractivity contribution in [1.82, 2.24) is 0 Å². The number of rotatable bonds is 3. The monoisotopic (exact) mass is 240 g/mol. The molecule has 0 aromatic rings. The minimum atomic E-state index is 0.650. The van der Waals surface area contributed by atoms with Crippen LogP contribution in [0.3, 0.4) is 0 Å². The van der Waals surface area contributed by atoms with Crippen LogP contribution in [0, 0.1) is 35.5 Å². The molecule has 18 heavy (non-hydrogen) atoms. The van der Waals surface area contributed by atoms with E-state index in [0.29, 0.717) is 11.8 Å². The topological polar surface area (TPSA) is 24.7 Å². The average Bonchev–Trinajstić information content (AvgIpc) is 3.13. The third-order valence-corrected chi connectivity index (χ3v) is 5.24. The van der Waals surface area contributed by atoms with Crippen LogP contribution in [-0.4, -0.2) is 12.4 Å². The van der Waals surface area contributed by atoms with E-state index >= 15 is 0 Å². The number of allylic oxidation sites excluding steroid dienone is 4. The zero-order valence-electron chi connectivity index (χ0n) is 10.7. The smallest absolute Gasteiger partial charge is 0.0307 e. The van der Waals surface area contributed by atoms with Crippen molar-refractivity contribution in [2.24, 2.45) is 45.7 Å². The largest absolute Gasteiger partial charge is 0.164 e. The Morgan fingerprint density at radius 1 is 0.667 bits per heavy atom. The first-order chi connectivity index (χ1) is 8.88. The summed E-state index contributed by atoms with van der Waals surface area (Å²) in [4.78, 5) is 0. The van der Waals surface area contributed by atoms with Gasteiger partial charge in [0.1, 0.15) is 0 Å². The van der Waals surface area contributed by atoms with Gasteiger partial charge in [-0.3, -0.25) is 0 Å². The summed E-state index contributed by atoms with van der Waals surface area (Å²) in [5, 5.41) is 8.61. The summed E-state index contributed by atoms with van der Waals surface area (Å²) < 4.78 is 0. The lowest BCUT2D eigenvalue weighted by molar-refractivity contribution is 0.589. The SMILES string of the molecule is C1=C[C@H]2C[C@H]1C[C@H]2/C=N/N=C\[C@H]1C[C@@H]2C=C[C@@H]1C2. The third kappa shape index (κ3) is 1.79. The van der Waals surface area contributed by atoms with E-state index in [1.165, 1.54) is 25.7 Å². The summed E-state index contributed by atoms with van der Waals surface area (Å²) in [5.74, 6) is 4.45. The van der Waals surface area contributed by atoms with E-state index in [2.05, 4.69) is 46.9 Å². The van der Waals surface area contributed by atoms with Crippen molar-refractivity contribution in [1.29, 1.82) is 0 Å². The van der Waals surface area contributed by atoms with Crippen molar-refractivity contribution in [2.75, 3.05) is 0 Å². The molecule has 4 aliphatic carbocycles. The Morgan fingerprint density at radius 3 is 1.50 bits per heavy atom. The van der Waals surface area contributed by atoms with Gasteiger partial charge in [-0.15, -0.1) is 0 Å². The van der Waals surface area contributed by atoms with Gasteiger partial charge in [-0.05, 0) is 49.4 Å². The zero-order chi connectivity index (χ0) is 11.9. The van der Waals surface area contributed by atoms with Crippen molar-refractivity contribution in [2.45, 2.75) is 25.7 Å². The molecule has 4 bridgehead atoms. The first-order valence-corrected chi connectivity index (χ1v) is 7.32. The second-order valence-electron chi connectivity index (χ2n) is 6.42. The minimum Gasteiger partial charge on any atom is -0.164 e. The van der Waals surface area contributed by atoms with Gasteiger partial charge in [-0.2, -0.15) is 10.2 Å². The fourth-order valence-corrected chi connectivity index (χ4v) is 4.24. The second-order valence-corrected chi connectivity index (χ2v) is 6.42. The quantitative estimate of drug-likeness (QED) is 0.410. The fraction of sp³-hybridized carbons (Fsp3) is 0.625. The highest BCUT2D eigenvalue weighted by molar-refractivity contribution is 5.66. The lowest BCUT2D eigenvalue weighted by Gasteiger charge is -2.12. The minimum absolute atomic E-state index is 0.650. The van der Waals surface area contributed by atoms with E-state index in [0.717, 1.165) is 23.7 Å². The molecule has 0 saturated heterocycles. The number of nitrogens with zero attached hydrogens (tertiary/aromatic N) is 2. The maximum Gasteiger partial charge on any atom is 0.0307 e. The van der Waals surface area contributed by atoms with Gasteiger partial charge >= 0.3 is 0 Å². The molecule has 0 spiro atoms. The van der Waals surface area contributed by atoms with Crippen molar-refractivity contribution in [3.8, 4) is 0 Å². The Kier molecular flexibility index (Phi) is 2.49. The predicted molar refractivity (Wildman–Crippen MR) is 74.7 cm³/mol. The lowest BCUT2D eigenvalue weighted by atomic mass is 9.95. The molecule has 4 rings (SSSR count). The molecule has 0 N–H and O–H groups in total. The van der Waals surface area contributed by atoms with Gasteiger partial charge in [-0.1, -0.05) is 24.3 Å². The summed E-state index contributed by atoms with van der Waals surface area (Å²) in [6.45, 7) is 0. The van der Waals surface area contributed by atoms with E-state index in [1.54, 1.807) is 0 Å². The zero-order valence-corrected chi connectivity index (χ0v) is 10.7. The van der Waals surface area contributed by atoms with Crippen molar-refractivity contribution in [3.05, 3.63) is 24.3 Å². The van der Waals surface area contributed by atoms with Crippen LogP contribution in [0.2, 0.25) is 0 Å². The first-order valence-electron chi connectivity index (χ1n) is 7.32. The molecule has 2 saturated carbocycles. The van der Waals surface area contributed by atoms with Crippen molar-refractivity contribution < 1.29 is 0 Å². The molecule has 2 fully saturated rings. The van der Waals surface area contributed by atoms with Crippen LogP contribution >= 0.6 is 0 Å². The lowest BCUT2D eigenvalue weighted by Crippen LogP contribution is -2.09. The molecule has 94 valence electrons. The number of hydrogen-bond acceptors (Lipinski definition) is 2. The van der Waals surface area contributed by atoms with Crippen LogP contribution in [0.25, 0.3) is 0 Å². The van der Waals surface area contributed by atoms with Gasteiger partial charge in [0.05, 0.1) is 0 Å². The highest BCUT2D eigenvalue weighted by atomic mass is 15.2. The third-order valence-electron chi connectivity index (χ3n) is 5.24. The van der Waals surface area contributed by atoms with Crippen LogP contribution in [0.1, 0.15) is 25.7 Å². The van der Waals surface area contributed by atoms with E-state index in [-0.39, 0.29) is 0 Å². The summed E-state index contributed by atoms with van der Waals surface area (Å²) >= 11 is 0.